The highest BCUT2D eigenvalue weighted by Gasteiger charge is 2.25. The van der Waals surface area contributed by atoms with Crippen molar-refractivity contribution >= 4 is 27.0 Å². The van der Waals surface area contributed by atoms with E-state index in [4.69, 9.17) is 4.74 Å². The minimum absolute atomic E-state index is 0.140. The summed E-state index contributed by atoms with van der Waals surface area (Å²) < 4.78 is 6.87. The van der Waals surface area contributed by atoms with Crippen LogP contribution in [0.1, 0.15) is 31.7 Å². The topological polar surface area (TPSA) is 37.9 Å². The van der Waals surface area contributed by atoms with E-state index >= 15 is 0 Å². The van der Waals surface area contributed by atoms with Crippen LogP contribution in [-0.2, 0) is 4.74 Å². The summed E-state index contributed by atoms with van der Waals surface area (Å²) in [6.45, 7) is 2.11. The number of halogens is 1. The first-order valence-electron chi connectivity index (χ1n) is 5.53. The highest BCUT2D eigenvalue weighted by Crippen LogP contribution is 2.32. The molecule has 1 aromatic carbocycles. The molecule has 0 radical (unpaired) electrons. The second kappa shape index (κ2) is 3.86. The molecule has 1 fully saturated rings. The third kappa shape index (κ3) is 1.76. The molecule has 1 aliphatic rings. The lowest BCUT2D eigenvalue weighted by Gasteiger charge is -2.06. The zero-order chi connectivity index (χ0) is 11.1. The Hall–Kier alpha value is -0.870. The minimum Gasteiger partial charge on any atom is -0.367 e. The van der Waals surface area contributed by atoms with E-state index < -0.39 is 0 Å². The minimum atomic E-state index is 0.140. The first kappa shape index (κ1) is 10.3. The maximum atomic E-state index is 5.80. The molecule has 3 rings (SSSR count). The summed E-state index contributed by atoms with van der Waals surface area (Å²) in [6.07, 6.45) is 2.67. The van der Waals surface area contributed by atoms with Gasteiger partial charge in [0.2, 0.25) is 0 Å². The maximum absolute atomic E-state index is 5.80. The average Bonchev–Trinajstić information content (AvgIpc) is 2.83. The van der Waals surface area contributed by atoms with Crippen LogP contribution >= 0.6 is 15.9 Å². The molecule has 3 nitrogen and oxygen atoms in total. The lowest BCUT2D eigenvalue weighted by atomic mass is 10.2. The van der Waals surface area contributed by atoms with Crippen molar-refractivity contribution in [1.29, 1.82) is 0 Å². The molecule has 0 saturated carbocycles. The Kier molecular flexibility index (Phi) is 2.48. The van der Waals surface area contributed by atoms with Crippen molar-refractivity contribution < 1.29 is 4.74 Å². The number of ether oxygens (including phenoxy) is 1. The molecule has 16 heavy (non-hydrogen) atoms. The van der Waals surface area contributed by atoms with E-state index in [9.17, 15) is 0 Å². The molecule has 2 heterocycles. The zero-order valence-corrected chi connectivity index (χ0v) is 10.6. The van der Waals surface area contributed by atoms with Gasteiger partial charge >= 0.3 is 0 Å². The standard InChI is InChI=1S/C12H13BrN2O/c1-7-2-5-11(16-7)12-14-9-4-3-8(13)6-10(9)15-12/h3-4,6-7,11H,2,5H2,1H3,(H,14,15). The van der Waals surface area contributed by atoms with Gasteiger partial charge in [0, 0.05) is 4.47 Å². The molecule has 0 bridgehead atoms. The fourth-order valence-electron chi connectivity index (χ4n) is 2.16. The number of benzene rings is 1. The van der Waals surface area contributed by atoms with Gasteiger partial charge in [0.25, 0.3) is 0 Å². The smallest absolute Gasteiger partial charge is 0.136 e. The van der Waals surface area contributed by atoms with E-state index in [1.807, 2.05) is 18.2 Å². The second-order valence-corrected chi connectivity index (χ2v) is 5.21. The average molecular weight is 281 g/mol. The molecule has 4 heteroatoms. The predicted molar refractivity (Wildman–Crippen MR) is 66.3 cm³/mol. The summed E-state index contributed by atoms with van der Waals surface area (Å²) in [5.41, 5.74) is 2.06. The molecule has 0 spiro atoms. The number of hydrogen-bond donors (Lipinski definition) is 1. The fraction of sp³-hybridized carbons (Fsp3) is 0.417. The number of rotatable bonds is 1. The Morgan fingerprint density at radius 3 is 3.06 bits per heavy atom. The van der Waals surface area contributed by atoms with Crippen molar-refractivity contribution in [2.75, 3.05) is 0 Å². The fourth-order valence-corrected chi connectivity index (χ4v) is 2.52. The van der Waals surface area contributed by atoms with Crippen LogP contribution in [0.4, 0.5) is 0 Å². The summed E-state index contributed by atoms with van der Waals surface area (Å²) in [7, 11) is 0. The van der Waals surface area contributed by atoms with E-state index in [0.717, 1.165) is 34.2 Å². The summed E-state index contributed by atoms with van der Waals surface area (Å²) in [4.78, 5) is 7.90. The molecular formula is C12H13BrN2O. The summed E-state index contributed by atoms with van der Waals surface area (Å²) in [5, 5.41) is 0. The molecular weight excluding hydrogens is 268 g/mol. The molecule has 2 atom stereocenters. The van der Waals surface area contributed by atoms with Crippen LogP contribution in [0, 0.1) is 0 Å². The van der Waals surface area contributed by atoms with E-state index in [1.165, 1.54) is 0 Å². The van der Waals surface area contributed by atoms with Crippen molar-refractivity contribution in [1.82, 2.24) is 9.97 Å². The number of hydrogen-bond acceptors (Lipinski definition) is 2. The quantitative estimate of drug-likeness (QED) is 0.867. The molecule has 0 amide bonds. The van der Waals surface area contributed by atoms with Gasteiger partial charge in [-0.3, -0.25) is 0 Å². The van der Waals surface area contributed by atoms with Crippen LogP contribution in [0.15, 0.2) is 22.7 Å². The van der Waals surface area contributed by atoms with Gasteiger partial charge in [-0.25, -0.2) is 4.98 Å². The van der Waals surface area contributed by atoms with Crippen LogP contribution in [0.3, 0.4) is 0 Å². The second-order valence-electron chi connectivity index (χ2n) is 4.30. The van der Waals surface area contributed by atoms with Gasteiger partial charge in [0.1, 0.15) is 11.9 Å². The number of aromatic amines is 1. The van der Waals surface area contributed by atoms with Gasteiger partial charge in [-0.2, -0.15) is 0 Å². The number of fused-ring (bicyclic) bond motifs is 1. The molecule has 1 N–H and O–H groups in total. The third-order valence-electron chi connectivity index (χ3n) is 3.00. The summed E-state index contributed by atoms with van der Waals surface area (Å²) >= 11 is 3.46. The molecule has 2 aromatic rings. The Morgan fingerprint density at radius 1 is 1.44 bits per heavy atom. The van der Waals surface area contributed by atoms with E-state index in [-0.39, 0.29) is 6.10 Å². The van der Waals surface area contributed by atoms with Gasteiger partial charge in [-0.05, 0) is 38.0 Å². The number of H-pyrrole nitrogens is 1. The molecule has 1 aliphatic heterocycles. The predicted octanol–water partition coefficient (Wildman–Crippen LogP) is 3.57. The summed E-state index contributed by atoms with van der Waals surface area (Å²) in [5.74, 6) is 0.956. The number of nitrogens with one attached hydrogen (secondary N) is 1. The van der Waals surface area contributed by atoms with Gasteiger partial charge in [0.15, 0.2) is 0 Å². The van der Waals surface area contributed by atoms with Crippen LogP contribution in [0.5, 0.6) is 0 Å². The van der Waals surface area contributed by atoms with E-state index in [1.54, 1.807) is 0 Å². The lowest BCUT2D eigenvalue weighted by Crippen LogP contribution is -2.02. The Balaban J connectivity index is 1.99. The molecule has 2 unspecified atom stereocenters. The van der Waals surface area contributed by atoms with Crippen LogP contribution in [0.2, 0.25) is 0 Å². The van der Waals surface area contributed by atoms with E-state index in [2.05, 4.69) is 32.8 Å². The maximum Gasteiger partial charge on any atom is 0.136 e. The lowest BCUT2D eigenvalue weighted by molar-refractivity contribution is 0.0510. The molecule has 1 aromatic heterocycles. The third-order valence-corrected chi connectivity index (χ3v) is 3.49. The van der Waals surface area contributed by atoms with Crippen LogP contribution < -0.4 is 0 Å². The van der Waals surface area contributed by atoms with Crippen LogP contribution in [-0.4, -0.2) is 16.1 Å². The zero-order valence-electron chi connectivity index (χ0n) is 9.03. The van der Waals surface area contributed by atoms with Gasteiger partial charge in [-0.15, -0.1) is 0 Å². The Bertz CT molecular complexity index is 523. The Morgan fingerprint density at radius 2 is 2.31 bits per heavy atom. The molecule has 84 valence electrons. The molecule has 0 aliphatic carbocycles. The van der Waals surface area contributed by atoms with Crippen molar-refractivity contribution in [3.63, 3.8) is 0 Å². The monoisotopic (exact) mass is 280 g/mol. The van der Waals surface area contributed by atoms with Crippen molar-refractivity contribution in [3.8, 4) is 0 Å². The number of aromatic nitrogens is 2. The Labute approximate surface area is 102 Å². The first-order valence-corrected chi connectivity index (χ1v) is 6.32. The van der Waals surface area contributed by atoms with E-state index in [0.29, 0.717) is 6.10 Å². The normalized spacial score (nSPS) is 25.4. The van der Waals surface area contributed by atoms with Gasteiger partial charge in [0.05, 0.1) is 17.1 Å². The largest absolute Gasteiger partial charge is 0.367 e. The van der Waals surface area contributed by atoms with Gasteiger partial charge in [-0.1, -0.05) is 15.9 Å². The first-order chi connectivity index (χ1) is 7.72. The SMILES string of the molecule is CC1CCC(c2nc3ccc(Br)cc3[nH]2)O1. The highest BCUT2D eigenvalue weighted by molar-refractivity contribution is 9.10. The number of nitrogens with zero attached hydrogens (tertiary/aromatic N) is 1. The van der Waals surface area contributed by atoms with Crippen molar-refractivity contribution in [3.05, 3.63) is 28.5 Å². The van der Waals surface area contributed by atoms with Gasteiger partial charge < -0.3 is 9.72 Å². The van der Waals surface area contributed by atoms with Crippen molar-refractivity contribution in [2.24, 2.45) is 0 Å². The van der Waals surface area contributed by atoms with Crippen LogP contribution in [0.25, 0.3) is 11.0 Å². The highest BCUT2D eigenvalue weighted by atomic mass is 79.9. The summed E-state index contributed by atoms with van der Waals surface area (Å²) in [6, 6.07) is 6.06. The molecule has 1 saturated heterocycles. The number of imidazole rings is 1. The van der Waals surface area contributed by atoms with Crippen molar-refractivity contribution in [2.45, 2.75) is 32.0 Å².